The quantitative estimate of drug-likeness (QED) is 0.913. The minimum absolute atomic E-state index is 0.0795. The molecule has 1 fully saturated rings. The van der Waals surface area contributed by atoms with Crippen LogP contribution < -0.4 is 5.73 Å². The summed E-state index contributed by atoms with van der Waals surface area (Å²) in [6, 6.07) is 6.55. The zero-order valence-corrected chi connectivity index (χ0v) is 14.1. The Kier molecular flexibility index (Phi) is 4.92. The molecule has 122 valence electrons. The largest absolute Gasteiger partial charge is 0.336 e. The number of benzene rings is 1. The van der Waals surface area contributed by atoms with Crippen LogP contribution in [0.25, 0.3) is 0 Å². The molecular formula is C16H24N2O3S. The number of rotatable bonds is 4. The van der Waals surface area contributed by atoms with E-state index in [-0.39, 0.29) is 28.3 Å². The Bertz CT molecular complexity index is 655. The first-order valence-electron chi connectivity index (χ1n) is 7.63. The van der Waals surface area contributed by atoms with Crippen LogP contribution in [-0.4, -0.2) is 43.6 Å². The fourth-order valence-electron chi connectivity index (χ4n) is 2.90. The van der Waals surface area contributed by atoms with Crippen LogP contribution in [0.2, 0.25) is 0 Å². The van der Waals surface area contributed by atoms with Crippen molar-refractivity contribution in [3.05, 3.63) is 29.8 Å². The summed E-state index contributed by atoms with van der Waals surface area (Å²) in [5.74, 6) is 0.0658. The van der Waals surface area contributed by atoms with E-state index in [1.807, 2.05) is 6.92 Å². The monoisotopic (exact) mass is 324 g/mol. The summed E-state index contributed by atoms with van der Waals surface area (Å²) in [5, 5.41) is -0.561. The number of hydrogen-bond donors (Lipinski definition) is 1. The van der Waals surface area contributed by atoms with E-state index in [0.29, 0.717) is 13.1 Å². The van der Waals surface area contributed by atoms with Gasteiger partial charge in [0.1, 0.15) is 0 Å². The molecule has 2 atom stereocenters. The smallest absolute Gasteiger partial charge is 0.255 e. The SMILES string of the molecule is CC1CC(CN)CN1C(=O)c1ccccc1S(=O)(=O)C(C)C. The van der Waals surface area contributed by atoms with Crippen LogP contribution in [0.5, 0.6) is 0 Å². The van der Waals surface area contributed by atoms with Crippen molar-refractivity contribution in [2.24, 2.45) is 11.7 Å². The van der Waals surface area contributed by atoms with Crippen molar-refractivity contribution < 1.29 is 13.2 Å². The van der Waals surface area contributed by atoms with Gasteiger partial charge in [0.25, 0.3) is 5.91 Å². The predicted octanol–water partition coefficient (Wildman–Crippen LogP) is 1.68. The molecule has 1 amide bonds. The van der Waals surface area contributed by atoms with Gasteiger partial charge in [-0.2, -0.15) is 0 Å². The lowest BCUT2D eigenvalue weighted by atomic mass is 10.1. The molecule has 0 saturated carbocycles. The number of carbonyl (C=O) groups excluding carboxylic acids is 1. The van der Waals surface area contributed by atoms with E-state index in [0.717, 1.165) is 6.42 Å². The van der Waals surface area contributed by atoms with Crippen LogP contribution in [0.4, 0.5) is 0 Å². The van der Waals surface area contributed by atoms with Gasteiger partial charge in [0.05, 0.1) is 15.7 Å². The van der Waals surface area contributed by atoms with Crippen LogP contribution in [0.3, 0.4) is 0 Å². The molecule has 0 aliphatic carbocycles. The Morgan fingerprint density at radius 2 is 2.00 bits per heavy atom. The van der Waals surface area contributed by atoms with Crippen molar-refractivity contribution in [1.82, 2.24) is 4.90 Å². The van der Waals surface area contributed by atoms with E-state index in [9.17, 15) is 13.2 Å². The fourth-order valence-corrected chi connectivity index (χ4v) is 4.13. The first-order chi connectivity index (χ1) is 10.3. The molecule has 0 radical (unpaired) electrons. The third-order valence-corrected chi connectivity index (χ3v) is 6.51. The third-order valence-electron chi connectivity index (χ3n) is 4.30. The summed E-state index contributed by atoms with van der Waals surface area (Å²) >= 11 is 0. The van der Waals surface area contributed by atoms with Crippen LogP contribution in [-0.2, 0) is 9.84 Å². The highest BCUT2D eigenvalue weighted by Crippen LogP contribution is 2.27. The zero-order chi connectivity index (χ0) is 16.5. The van der Waals surface area contributed by atoms with Gasteiger partial charge in [0.15, 0.2) is 9.84 Å². The molecule has 1 aliphatic rings. The van der Waals surface area contributed by atoms with Crippen molar-refractivity contribution in [3.8, 4) is 0 Å². The van der Waals surface area contributed by atoms with Crippen LogP contribution in [0.1, 0.15) is 37.6 Å². The van der Waals surface area contributed by atoms with Crippen molar-refractivity contribution in [2.45, 2.75) is 43.4 Å². The minimum atomic E-state index is -3.49. The minimum Gasteiger partial charge on any atom is -0.336 e. The summed E-state index contributed by atoms with van der Waals surface area (Å²) in [6.07, 6.45) is 0.862. The summed E-state index contributed by atoms with van der Waals surface area (Å²) in [6.45, 7) is 6.36. The van der Waals surface area contributed by atoms with Crippen LogP contribution in [0, 0.1) is 5.92 Å². The van der Waals surface area contributed by atoms with Gasteiger partial charge in [-0.3, -0.25) is 4.79 Å². The predicted molar refractivity (Wildman–Crippen MR) is 86.4 cm³/mol. The molecule has 6 heteroatoms. The van der Waals surface area contributed by atoms with E-state index in [1.165, 1.54) is 6.07 Å². The van der Waals surface area contributed by atoms with Gasteiger partial charge in [-0.05, 0) is 51.8 Å². The Morgan fingerprint density at radius 3 is 2.55 bits per heavy atom. The Hall–Kier alpha value is -1.40. The maximum Gasteiger partial charge on any atom is 0.255 e. The number of likely N-dealkylation sites (tertiary alicyclic amines) is 1. The second-order valence-corrected chi connectivity index (χ2v) is 8.71. The number of nitrogens with two attached hydrogens (primary N) is 1. The van der Waals surface area contributed by atoms with Gasteiger partial charge < -0.3 is 10.6 Å². The summed E-state index contributed by atoms with van der Waals surface area (Å²) in [4.78, 5) is 14.7. The number of sulfone groups is 1. The van der Waals surface area contributed by atoms with Crippen LogP contribution >= 0.6 is 0 Å². The molecule has 5 nitrogen and oxygen atoms in total. The highest BCUT2D eigenvalue weighted by molar-refractivity contribution is 7.92. The molecule has 2 N–H and O–H groups in total. The van der Waals surface area contributed by atoms with Crippen molar-refractivity contribution in [2.75, 3.05) is 13.1 Å². The maximum absolute atomic E-state index is 12.8. The number of carbonyl (C=O) groups is 1. The molecule has 1 heterocycles. The number of nitrogens with zero attached hydrogens (tertiary/aromatic N) is 1. The molecule has 2 rings (SSSR count). The topological polar surface area (TPSA) is 80.5 Å². The standard InChI is InChI=1S/C16H24N2O3S/c1-11(2)22(20,21)15-7-5-4-6-14(15)16(19)18-10-13(9-17)8-12(18)3/h4-7,11-13H,8-10,17H2,1-3H3. The lowest BCUT2D eigenvalue weighted by molar-refractivity contribution is 0.0739. The lowest BCUT2D eigenvalue weighted by Gasteiger charge is -2.23. The van der Waals surface area contributed by atoms with Gasteiger partial charge >= 0.3 is 0 Å². The highest BCUT2D eigenvalue weighted by atomic mass is 32.2. The second-order valence-electron chi connectivity index (χ2n) is 6.23. The maximum atomic E-state index is 12.8. The van der Waals surface area contributed by atoms with Crippen LogP contribution in [0.15, 0.2) is 29.2 Å². The molecule has 2 unspecified atom stereocenters. The number of hydrogen-bond acceptors (Lipinski definition) is 4. The molecule has 1 aliphatic heterocycles. The molecule has 0 aromatic heterocycles. The highest BCUT2D eigenvalue weighted by Gasteiger charge is 2.34. The fraction of sp³-hybridized carbons (Fsp3) is 0.562. The van der Waals surface area contributed by atoms with E-state index in [2.05, 4.69) is 0 Å². The Labute approximate surface area is 132 Å². The van der Waals surface area contributed by atoms with E-state index in [1.54, 1.807) is 36.9 Å². The third kappa shape index (κ3) is 3.03. The van der Waals surface area contributed by atoms with E-state index in [4.69, 9.17) is 5.73 Å². The normalized spacial score (nSPS) is 22.3. The molecule has 1 aromatic rings. The lowest BCUT2D eigenvalue weighted by Crippen LogP contribution is -2.35. The first kappa shape index (κ1) is 17.0. The van der Waals surface area contributed by atoms with E-state index >= 15 is 0 Å². The van der Waals surface area contributed by atoms with Gasteiger partial charge in [-0.1, -0.05) is 12.1 Å². The first-order valence-corrected chi connectivity index (χ1v) is 9.17. The van der Waals surface area contributed by atoms with Gasteiger partial charge in [-0.15, -0.1) is 0 Å². The molecule has 0 bridgehead atoms. The molecule has 0 spiro atoms. The van der Waals surface area contributed by atoms with Crippen molar-refractivity contribution in [1.29, 1.82) is 0 Å². The van der Waals surface area contributed by atoms with Gasteiger partial charge in [-0.25, -0.2) is 8.42 Å². The molecule has 1 saturated heterocycles. The summed E-state index contributed by atoms with van der Waals surface area (Å²) in [7, 11) is -3.49. The van der Waals surface area contributed by atoms with Crippen molar-refractivity contribution in [3.63, 3.8) is 0 Å². The summed E-state index contributed by atoms with van der Waals surface area (Å²) in [5.41, 5.74) is 5.97. The van der Waals surface area contributed by atoms with Crippen molar-refractivity contribution >= 4 is 15.7 Å². The van der Waals surface area contributed by atoms with E-state index < -0.39 is 15.1 Å². The molecular weight excluding hydrogens is 300 g/mol. The summed E-state index contributed by atoms with van der Waals surface area (Å²) < 4.78 is 25.0. The molecule has 1 aromatic carbocycles. The molecule has 22 heavy (non-hydrogen) atoms. The second kappa shape index (κ2) is 6.38. The zero-order valence-electron chi connectivity index (χ0n) is 13.3. The van der Waals surface area contributed by atoms with Gasteiger partial charge in [0, 0.05) is 12.6 Å². The Balaban J connectivity index is 2.40. The Morgan fingerprint density at radius 1 is 1.36 bits per heavy atom. The average molecular weight is 324 g/mol. The average Bonchev–Trinajstić information content (AvgIpc) is 2.87. The van der Waals surface area contributed by atoms with Gasteiger partial charge in [0.2, 0.25) is 0 Å². The number of amides is 1.